The Kier molecular flexibility index (Phi) is 4.79. The van der Waals surface area contributed by atoms with Crippen LogP contribution in [0.25, 0.3) is 0 Å². The second-order valence-electron chi connectivity index (χ2n) is 4.32. The quantitative estimate of drug-likeness (QED) is 0.443. The average Bonchev–Trinajstić information content (AvgIpc) is 2.43. The molecule has 0 saturated heterocycles. The van der Waals surface area contributed by atoms with Crippen LogP contribution in [-0.2, 0) is 0 Å². The third kappa shape index (κ3) is 3.70. The first-order valence-corrected chi connectivity index (χ1v) is 7.05. The van der Waals surface area contributed by atoms with Crippen LogP contribution in [-0.4, -0.2) is 10.7 Å². The summed E-state index contributed by atoms with van der Waals surface area (Å²) in [6, 6.07) is 12.2. The van der Waals surface area contributed by atoms with E-state index in [1.807, 2.05) is 12.1 Å². The van der Waals surface area contributed by atoms with Gasteiger partial charge in [-0.15, -0.1) is 11.8 Å². The second kappa shape index (κ2) is 6.56. The highest BCUT2D eigenvalue weighted by atomic mass is 32.2. The van der Waals surface area contributed by atoms with Gasteiger partial charge in [0.25, 0.3) is 0 Å². The van der Waals surface area contributed by atoms with Crippen molar-refractivity contribution in [1.82, 2.24) is 10.4 Å². The topological polar surface area (TPSA) is 77.0 Å². The fourth-order valence-corrected chi connectivity index (χ4v) is 2.73. The first-order chi connectivity index (χ1) is 9.20. The van der Waals surface area contributed by atoms with Crippen LogP contribution in [0.3, 0.4) is 0 Å². The smallest absolute Gasteiger partial charge is 0.128 e. The number of pyridine rings is 1. The Morgan fingerprint density at radius 2 is 2.00 bits per heavy atom. The van der Waals surface area contributed by atoms with E-state index in [1.165, 1.54) is 10.5 Å². The highest BCUT2D eigenvalue weighted by molar-refractivity contribution is 7.99. The zero-order valence-electron chi connectivity index (χ0n) is 10.8. The molecule has 0 bridgehead atoms. The molecule has 0 spiro atoms. The number of nitrogen functional groups attached to an aromatic ring is 1. The number of nitrogens with zero attached hydrogens (tertiary/aromatic N) is 1. The van der Waals surface area contributed by atoms with Crippen LogP contribution in [0.5, 0.6) is 0 Å². The maximum atomic E-state index is 5.87. The third-order valence-electron chi connectivity index (χ3n) is 2.89. The Morgan fingerprint density at radius 3 is 2.63 bits per heavy atom. The first kappa shape index (κ1) is 13.9. The Bertz CT molecular complexity index is 527. The lowest BCUT2D eigenvalue weighted by Crippen LogP contribution is -2.30. The number of aromatic nitrogens is 1. The van der Waals surface area contributed by atoms with Crippen molar-refractivity contribution in [3.63, 3.8) is 0 Å². The van der Waals surface area contributed by atoms with Gasteiger partial charge in [0.2, 0.25) is 0 Å². The zero-order valence-corrected chi connectivity index (χ0v) is 11.7. The van der Waals surface area contributed by atoms with E-state index in [1.54, 1.807) is 18.0 Å². The molecule has 5 N–H and O–H groups in total. The molecule has 0 aliphatic rings. The molecular weight excluding hydrogens is 256 g/mol. The number of hydrogen-bond donors (Lipinski definition) is 3. The number of thioether (sulfide) groups is 1. The lowest BCUT2D eigenvalue weighted by Gasteiger charge is -2.17. The molecule has 1 unspecified atom stereocenters. The van der Waals surface area contributed by atoms with E-state index >= 15 is 0 Å². The van der Waals surface area contributed by atoms with Crippen molar-refractivity contribution >= 4 is 17.6 Å². The molecule has 0 aliphatic heterocycles. The molecule has 0 aliphatic carbocycles. The molecule has 100 valence electrons. The summed E-state index contributed by atoms with van der Waals surface area (Å²) in [6.45, 7) is 2.08. The summed E-state index contributed by atoms with van der Waals surface area (Å²) in [6.07, 6.45) is 1.68. The summed E-state index contributed by atoms with van der Waals surface area (Å²) >= 11 is 1.74. The van der Waals surface area contributed by atoms with Gasteiger partial charge in [0.05, 0.1) is 6.04 Å². The Labute approximate surface area is 117 Å². The minimum absolute atomic E-state index is 0.0139. The maximum Gasteiger partial charge on any atom is 0.128 e. The zero-order chi connectivity index (χ0) is 13.7. The van der Waals surface area contributed by atoms with E-state index in [0.29, 0.717) is 5.82 Å². The van der Waals surface area contributed by atoms with Gasteiger partial charge in [0, 0.05) is 22.4 Å². The van der Waals surface area contributed by atoms with Gasteiger partial charge in [0.15, 0.2) is 0 Å². The molecular formula is C14H18N4S. The van der Waals surface area contributed by atoms with E-state index in [0.717, 1.165) is 11.3 Å². The molecule has 0 saturated carbocycles. The fourth-order valence-electron chi connectivity index (χ4n) is 1.77. The van der Waals surface area contributed by atoms with Gasteiger partial charge in [-0.3, -0.25) is 11.3 Å². The predicted octanol–water partition coefficient (Wildman–Crippen LogP) is 2.27. The summed E-state index contributed by atoms with van der Waals surface area (Å²) in [5.74, 6) is 6.94. The number of nitrogens with one attached hydrogen (secondary N) is 1. The van der Waals surface area contributed by atoms with Crippen molar-refractivity contribution < 1.29 is 0 Å². The summed E-state index contributed by atoms with van der Waals surface area (Å²) in [7, 11) is 0. The van der Waals surface area contributed by atoms with Crippen molar-refractivity contribution in [2.75, 3.05) is 11.5 Å². The van der Waals surface area contributed by atoms with Crippen LogP contribution >= 0.6 is 11.8 Å². The minimum atomic E-state index is -0.0139. The molecule has 1 atom stereocenters. The van der Waals surface area contributed by atoms with Crippen LogP contribution in [0.1, 0.15) is 17.2 Å². The number of anilines is 1. The van der Waals surface area contributed by atoms with Gasteiger partial charge in [0.1, 0.15) is 5.82 Å². The minimum Gasteiger partial charge on any atom is -0.383 e. The third-order valence-corrected chi connectivity index (χ3v) is 3.99. The van der Waals surface area contributed by atoms with Crippen LogP contribution in [0.4, 0.5) is 5.82 Å². The standard InChI is InChI=1S/C14H18N4S/c1-10-4-6-11(7-5-10)19-9-13(18-16)12-3-2-8-17-14(12)15/h2-8,13,18H,9,16H2,1H3,(H2,15,17). The fraction of sp³-hybridized carbons (Fsp3) is 0.214. The second-order valence-corrected chi connectivity index (χ2v) is 5.41. The summed E-state index contributed by atoms with van der Waals surface area (Å²) in [4.78, 5) is 5.30. The van der Waals surface area contributed by atoms with Gasteiger partial charge >= 0.3 is 0 Å². The Hall–Kier alpha value is -1.56. The van der Waals surface area contributed by atoms with E-state index in [2.05, 4.69) is 41.6 Å². The number of benzene rings is 1. The first-order valence-electron chi connectivity index (χ1n) is 6.06. The van der Waals surface area contributed by atoms with E-state index < -0.39 is 0 Å². The van der Waals surface area contributed by atoms with Crippen molar-refractivity contribution in [2.45, 2.75) is 17.9 Å². The van der Waals surface area contributed by atoms with Gasteiger partial charge < -0.3 is 5.73 Å². The number of nitrogens with two attached hydrogens (primary N) is 2. The van der Waals surface area contributed by atoms with Crippen LogP contribution < -0.4 is 17.0 Å². The summed E-state index contributed by atoms with van der Waals surface area (Å²) in [5.41, 5.74) is 10.9. The number of hydrogen-bond acceptors (Lipinski definition) is 5. The lowest BCUT2D eigenvalue weighted by molar-refractivity contribution is 0.610. The molecule has 1 aromatic carbocycles. The van der Waals surface area contributed by atoms with Crippen LogP contribution in [0.2, 0.25) is 0 Å². The van der Waals surface area contributed by atoms with Gasteiger partial charge in [-0.2, -0.15) is 0 Å². The summed E-state index contributed by atoms with van der Waals surface area (Å²) < 4.78 is 0. The molecule has 0 amide bonds. The molecule has 2 aromatic rings. The molecule has 2 rings (SSSR count). The van der Waals surface area contributed by atoms with Crippen molar-refractivity contribution in [3.05, 3.63) is 53.7 Å². The van der Waals surface area contributed by atoms with Gasteiger partial charge in [-0.1, -0.05) is 23.8 Å². The molecule has 1 heterocycles. The number of aryl methyl sites for hydroxylation is 1. The number of rotatable bonds is 5. The normalized spacial score (nSPS) is 12.3. The molecule has 1 aromatic heterocycles. The molecule has 19 heavy (non-hydrogen) atoms. The predicted molar refractivity (Wildman–Crippen MR) is 80.6 cm³/mol. The summed E-state index contributed by atoms with van der Waals surface area (Å²) in [5, 5.41) is 0. The van der Waals surface area contributed by atoms with Gasteiger partial charge in [-0.25, -0.2) is 4.98 Å². The van der Waals surface area contributed by atoms with E-state index in [-0.39, 0.29) is 6.04 Å². The molecule has 5 heteroatoms. The molecule has 4 nitrogen and oxygen atoms in total. The highest BCUT2D eigenvalue weighted by Crippen LogP contribution is 2.26. The van der Waals surface area contributed by atoms with E-state index in [4.69, 9.17) is 11.6 Å². The molecule has 0 fully saturated rings. The lowest BCUT2D eigenvalue weighted by atomic mass is 10.1. The molecule has 0 radical (unpaired) electrons. The Morgan fingerprint density at radius 1 is 1.26 bits per heavy atom. The maximum absolute atomic E-state index is 5.87. The largest absolute Gasteiger partial charge is 0.383 e. The number of hydrazine groups is 1. The van der Waals surface area contributed by atoms with Crippen molar-refractivity contribution in [1.29, 1.82) is 0 Å². The SMILES string of the molecule is Cc1ccc(SCC(NN)c2cccnc2N)cc1. The van der Waals surface area contributed by atoms with Crippen molar-refractivity contribution in [2.24, 2.45) is 5.84 Å². The highest BCUT2D eigenvalue weighted by Gasteiger charge is 2.13. The average molecular weight is 274 g/mol. The van der Waals surface area contributed by atoms with E-state index in [9.17, 15) is 0 Å². The van der Waals surface area contributed by atoms with Gasteiger partial charge in [-0.05, 0) is 25.1 Å². The monoisotopic (exact) mass is 274 g/mol. The Balaban J connectivity index is 2.04. The van der Waals surface area contributed by atoms with Crippen LogP contribution in [0.15, 0.2) is 47.5 Å². The van der Waals surface area contributed by atoms with Crippen LogP contribution in [0, 0.1) is 6.92 Å². The van der Waals surface area contributed by atoms with Crippen molar-refractivity contribution in [3.8, 4) is 0 Å².